The predicted molar refractivity (Wildman–Crippen MR) is 89.0 cm³/mol. The van der Waals surface area contributed by atoms with Crippen molar-refractivity contribution in [2.75, 3.05) is 18.8 Å². The summed E-state index contributed by atoms with van der Waals surface area (Å²) in [7, 11) is -0.934. The zero-order valence-electron chi connectivity index (χ0n) is 13.4. The minimum Gasteiger partial charge on any atom is -0.338 e. The van der Waals surface area contributed by atoms with E-state index in [1.165, 1.54) is 11.1 Å². The molecule has 0 aliphatic rings. The van der Waals surface area contributed by atoms with Crippen molar-refractivity contribution in [3.05, 3.63) is 35.4 Å². The Kier molecular flexibility index (Phi) is 6.89. The highest BCUT2D eigenvalue weighted by Crippen LogP contribution is 2.10. The molecule has 21 heavy (non-hydrogen) atoms. The monoisotopic (exact) mass is 310 g/mol. The molecule has 118 valence electrons. The summed E-state index contributed by atoms with van der Waals surface area (Å²) in [5.74, 6) is 0.481. The van der Waals surface area contributed by atoms with Gasteiger partial charge in [-0.15, -0.1) is 0 Å². The minimum atomic E-state index is -0.934. The van der Waals surface area contributed by atoms with Crippen molar-refractivity contribution in [3.63, 3.8) is 0 Å². The molecule has 0 heterocycles. The van der Waals surface area contributed by atoms with Crippen molar-refractivity contribution >= 4 is 16.8 Å². The molecule has 0 fully saturated rings. The zero-order chi connectivity index (χ0) is 15.9. The second kappa shape index (κ2) is 8.17. The van der Waals surface area contributed by atoms with Crippen molar-refractivity contribution in [1.29, 1.82) is 0 Å². The van der Waals surface area contributed by atoms with Gasteiger partial charge in [0.1, 0.15) is 0 Å². The zero-order valence-corrected chi connectivity index (χ0v) is 14.2. The van der Waals surface area contributed by atoms with Crippen LogP contribution in [0.2, 0.25) is 0 Å². The third kappa shape index (κ3) is 7.27. The van der Waals surface area contributed by atoms with Gasteiger partial charge in [-0.05, 0) is 39.7 Å². The summed E-state index contributed by atoms with van der Waals surface area (Å²) in [6.45, 7) is 8.89. The molecule has 1 aromatic carbocycles. The number of benzene rings is 1. The Hall–Kier alpha value is -1.36. The van der Waals surface area contributed by atoms with E-state index in [1.54, 1.807) is 0 Å². The smallest absolute Gasteiger partial charge is 0.314 e. The first-order chi connectivity index (χ1) is 9.79. The Morgan fingerprint density at radius 1 is 1.19 bits per heavy atom. The van der Waals surface area contributed by atoms with E-state index in [9.17, 15) is 9.00 Å². The minimum absolute atomic E-state index is 0.200. The molecule has 1 rings (SSSR count). The predicted octanol–water partition coefficient (Wildman–Crippen LogP) is 2.38. The molecule has 0 aromatic heterocycles. The SMILES string of the molecule is Cc1cccc(CCNC(=O)NCC[S@](=O)C(C)(C)C)c1. The van der Waals surface area contributed by atoms with E-state index in [0.717, 1.165) is 6.42 Å². The Morgan fingerprint density at radius 2 is 1.86 bits per heavy atom. The van der Waals surface area contributed by atoms with Crippen molar-refractivity contribution < 1.29 is 9.00 Å². The quantitative estimate of drug-likeness (QED) is 0.847. The van der Waals surface area contributed by atoms with E-state index in [-0.39, 0.29) is 10.8 Å². The third-order valence-corrected chi connectivity index (χ3v) is 4.98. The molecule has 0 radical (unpaired) electrons. The van der Waals surface area contributed by atoms with Crippen LogP contribution in [-0.2, 0) is 17.2 Å². The molecule has 0 bridgehead atoms. The molecule has 4 nitrogen and oxygen atoms in total. The fraction of sp³-hybridized carbons (Fsp3) is 0.562. The summed E-state index contributed by atoms with van der Waals surface area (Å²) in [6.07, 6.45) is 0.809. The van der Waals surface area contributed by atoms with Crippen LogP contribution >= 0.6 is 0 Å². The van der Waals surface area contributed by atoms with Gasteiger partial charge in [0.25, 0.3) is 0 Å². The molecular formula is C16H26N2O2S. The number of amides is 2. The lowest BCUT2D eigenvalue weighted by atomic mass is 10.1. The summed E-state index contributed by atoms with van der Waals surface area (Å²) < 4.78 is 11.6. The van der Waals surface area contributed by atoms with Gasteiger partial charge >= 0.3 is 6.03 Å². The van der Waals surface area contributed by atoms with Crippen LogP contribution < -0.4 is 10.6 Å². The standard InChI is InChI=1S/C16H26N2O2S/c1-13-6-5-7-14(12-13)8-9-17-15(19)18-10-11-21(20)16(2,3)4/h5-7,12H,8-11H2,1-4H3,(H2,17,18,19)/t21-/m0/s1. The van der Waals surface area contributed by atoms with Crippen molar-refractivity contribution in [2.45, 2.75) is 38.9 Å². The Balaban J connectivity index is 2.19. The van der Waals surface area contributed by atoms with Gasteiger partial charge in [0.15, 0.2) is 0 Å². The molecule has 0 saturated heterocycles. The molecule has 1 aromatic rings. The topological polar surface area (TPSA) is 58.2 Å². The maximum Gasteiger partial charge on any atom is 0.314 e. The highest BCUT2D eigenvalue weighted by atomic mass is 32.2. The lowest BCUT2D eigenvalue weighted by Gasteiger charge is -2.17. The number of nitrogens with one attached hydrogen (secondary N) is 2. The van der Waals surface area contributed by atoms with Crippen LogP contribution in [0.3, 0.4) is 0 Å². The normalized spacial score (nSPS) is 12.8. The highest BCUT2D eigenvalue weighted by Gasteiger charge is 2.18. The first kappa shape index (κ1) is 17.7. The van der Waals surface area contributed by atoms with Crippen LogP contribution in [0, 0.1) is 6.92 Å². The second-order valence-corrected chi connectivity index (χ2v) is 8.41. The summed E-state index contributed by atoms with van der Waals surface area (Å²) in [5, 5.41) is 5.55. The van der Waals surface area contributed by atoms with E-state index in [2.05, 4.69) is 35.8 Å². The van der Waals surface area contributed by atoms with Gasteiger partial charge in [0.2, 0.25) is 0 Å². The van der Waals surface area contributed by atoms with Crippen LogP contribution in [-0.4, -0.2) is 33.8 Å². The number of rotatable bonds is 6. The summed E-state index contributed by atoms with van der Waals surface area (Å²) in [5.41, 5.74) is 2.44. The van der Waals surface area contributed by atoms with E-state index in [1.807, 2.05) is 26.8 Å². The first-order valence-corrected chi connectivity index (χ1v) is 8.56. The number of carbonyl (C=O) groups excluding carboxylic acids is 1. The molecular weight excluding hydrogens is 284 g/mol. The fourth-order valence-corrected chi connectivity index (χ4v) is 2.71. The molecule has 2 amide bonds. The molecule has 0 saturated carbocycles. The molecule has 0 aliphatic heterocycles. The number of urea groups is 1. The van der Waals surface area contributed by atoms with E-state index >= 15 is 0 Å². The number of hydrogen-bond acceptors (Lipinski definition) is 2. The van der Waals surface area contributed by atoms with Gasteiger partial charge in [-0.3, -0.25) is 4.21 Å². The van der Waals surface area contributed by atoms with E-state index in [4.69, 9.17) is 0 Å². The van der Waals surface area contributed by atoms with Gasteiger partial charge in [-0.25, -0.2) is 4.79 Å². The molecule has 0 unspecified atom stereocenters. The maximum atomic E-state index is 11.8. The molecule has 1 atom stereocenters. The van der Waals surface area contributed by atoms with Gasteiger partial charge < -0.3 is 10.6 Å². The van der Waals surface area contributed by atoms with Crippen molar-refractivity contribution in [1.82, 2.24) is 10.6 Å². The van der Waals surface area contributed by atoms with Gasteiger partial charge in [0, 0.05) is 34.4 Å². The lowest BCUT2D eigenvalue weighted by molar-refractivity contribution is 0.241. The van der Waals surface area contributed by atoms with Crippen LogP contribution in [0.5, 0.6) is 0 Å². The van der Waals surface area contributed by atoms with Crippen molar-refractivity contribution in [3.8, 4) is 0 Å². The van der Waals surface area contributed by atoms with Crippen LogP contribution in [0.1, 0.15) is 31.9 Å². The van der Waals surface area contributed by atoms with Gasteiger partial charge in [0.05, 0.1) is 0 Å². The number of hydrogen-bond donors (Lipinski definition) is 2. The number of carbonyl (C=O) groups is 1. The number of aryl methyl sites for hydroxylation is 1. The molecule has 0 aliphatic carbocycles. The van der Waals surface area contributed by atoms with E-state index < -0.39 is 10.8 Å². The average molecular weight is 310 g/mol. The van der Waals surface area contributed by atoms with E-state index in [0.29, 0.717) is 18.8 Å². The molecule has 5 heteroatoms. The third-order valence-electron chi connectivity index (χ3n) is 3.04. The highest BCUT2D eigenvalue weighted by molar-refractivity contribution is 7.86. The lowest BCUT2D eigenvalue weighted by Crippen LogP contribution is -2.39. The maximum absolute atomic E-state index is 11.8. The summed E-state index contributed by atoms with van der Waals surface area (Å²) >= 11 is 0. The van der Waals surface area contributed by atoms with Crippen LogP contribution in [0.25, 0.3) is 0 Å². The van der Waals surface area contributed by atoms with Gasteiger partial charge in [-0.1, -0.05) is 29.8 Å². The summed E-state index contributed by atoms with van der Waals surface area (Å²) in [4.78, 5) is 11.6. The first-order valence-electron chi connectivity index (χ1n) is 7.25. The van der Waals surface area contributed by atoms with Crippen molar-refractivity contribution in [2.24, 2.45) is 0 Å². The largest absolute Gasteiger partial charge is 0.338 e. The Morgan fingerprint density at radius 3 is 2.48 bits per heavy atom. The fourth-order valence-electron chi connectivity index (χ4n) is 1.81. The Labute approximate surface area is 130 Å². The second-order valence-electron chi connectivity index (χ2n) is 6.08. The van der Waals surface area contributed by atoms with Crippen LogP contribution in [0.15, 0.2) is 24.3 Å². The average Bonchev–Trinajstić information content (AvgIpc) is 2.37. The van der Waals surface area contributed by atoms with Crippen LogP contribution in [0.4, 0.5) is 4.79 Å². The molecule has 0 spiro atoms. The summed E-state index contributed by atoms with van der Waals surface area (Å²) in [6, 6.07) is 8.05. The Bertz CT molecular complexity index is 495. The van der Waals surface area contributed by atoms with Gasteiger partial charge in [-0.2, -0.15) is 0 Å². The molecule has 2 N–H and O–H groups in total.